The molecule has 0 bridgehead atoms. The third kappa shape index (κ3) is 8.18. The predicted molar refractivity (Wildman–Crippen MR) is 165 cm³/mol. The van der Waals surface area contributed by atoms with Gasteiger partial charge in [0.1, 0.15) is 12.3 Å². The molecule has 2 aliphatic heterocycles. The van der Waals surface area contributed by atoms with Crippen LogP contribution in [0.25, 0.3) is 0 Å². The van der Waals surface area contributed by atoms with Crippen molar-refractivity contribution in [1.82, 2.24) is 25.0 Å². The van der Waals surface area contributed by atoms with Gasteiger partial charge in [0, 0.05) is 56.8 Å². The van der Waals surface area contributed by atoms with Gasteiger partial charge >= 0.3 is 6.03 Å². The van der Waals surface area contributed by atoms with Gasteiger partial charge in [-0.1, -0.05) is 46.0 Å². The van der Waals surface area contributed by atoms with Crippen molar-refractivity contribution in [2.24, 2.45) is 5.16 Å². The van der Waals surface area contributed by atoms with Crippen LogP contribution in [0.5, 0.6) is 5.88 Å². The van der Waals surface area contributed by atoms with Crippen LogP contribution in [0.2, 0.25) is 15.2 Å². The lowest BCUT2D eigenvalue weighted by atomic mass is 9.89. The number of methoxy groups -OCH3 is 1. The summed E-state index contributed by atoms with van der Waals surface area (Å²) in [5, 5.41) is 8.41. The first-order valence-electron chi connectivity index (χ1n) is 14.0. The minimum atomic E-state index is -0.266. The number of likely N-dealkylation sites (tertiary alicyclic amines) is 1. The first-order valence-corrected chi connectivity index (χ1v) is 15.1. The molecule has 1 atom stereocenters. The molecule has 10 nitrogen and oxygen atoms in total. The lowest BCUT2D eigenvalue weighted by Crippen LogP contribution is -2.54. The molecule has 1 unspecified atom stereocenters. The fourth-order valence-corrected chi connectivity index (χ4v) is 6.08. The summed E-state index contributed by atoms with van der Waals surface area (Å²) in [7, 11) is 4.65. The number of nitrogens with one attached hydrogen (secondary N) is 1. The minimum absolute atomic E-state index is 0.0472. The van der Waals surface area contributed by atoms with Gasteiger partial charge in [-0.2, -0.15) is 0 Å². The van der Waals surface area contributed by atoms with Crippen molar-refractivity contribution in [3.05, 3.63) is 56.7 Å². The SMILES string of the molecule is CO/N=C(\CN(C)C(=O)c1cc(Cl)nc(OC)c1)C(CCN1CCC(N2CCCNC2=O)CC1)c1ccc(Cl)c(Cl)c1. The number of piperidine rings is 1. The summed E-state index contributed by atoms with van der Waals surface area (Å²) >= 11 is 18.8. The number of aromatic nitrogens is 1. The molecule has 3 heterocycles. The Labute approximate surface area is 261 Å². The number of benzene rings is 1. The number of amides is 3. The van der Waals surface area contributed by atoms with Crippen molar-refractivity contribution in [3.63, 3.8) is 0 Å². The van der Waals surface area contributed by atoms with E-state index in [0.717, 1.165) is 57.5 Å². The highest BCUT2D eigenvalue weighted by molar-refractivity contribution is 6.42. The van der Waals surface area contributed by atoms with Gasteiger partial charge in [0.2, 0.25) is 5.88 Å². The molecule has 13 heteroatoms. The highest BCUT2D eigenvalue weighted by atomic mass is 35.5. The van der Waals surface area contributed by atoms with Crippen LogP contribution in [0.15, 0.2) is 35.5 Å². The number of carbonyl (C=O) groups is 2. The molecule has 42 heavy (non-hydrogen) atoms. The second-order valence-electron chi connectivity index (χ2n) is 10.5. The normalized spacial score (nSPS) is 17.5. The van der Waals surface area contributed by atoms with Gasteiger partial charge in [0.25, 0.3) is 5.91 Å². The van der Waals surface area contributed by atoms with Gasteiger partial charge in [-0.15, -0.1) is 0 Å². The van der Waals surface area contributed by atoms with E-state index in [-0.39, 0.29) is 41.5 Å². The van der Waals surface area contributed by atoms with E-state index in [1.54, 1.807) is 24.1 Å². The van der Waals surface area contributed by atoms with Gasteiger partial charge in [-0.05, 0) is 56.0 Å². The van der Waals surface area contributed by atoms with Gasteiger partial charge in [0.05, 0.1) is 29.4 Å². The topological polar surface area (TPSA) is 99.6 Å². The van der Waals surface area contributed by atoms with E-state index in [1.165, 1.54) is 20.3 Å². The number of carbonyl (C=O) groups excluding carboxylic acids is 2. The highest BCUT2D eigenvalue weighted by Crippen LogP contribution is 2.31. The zero-order chi connectivity index (χ0) is 30.2. The van der Waals surface area contributed by atoms with Crippen molar-refractivity contribution >= 4 is 52.5 Å². The van der Waals surface area contributed by atoms with Gasteiger partial charge in [-0.3, -0.25) is 4.79 Å². The van der Waals surface area contributed by atoms with E-state index >= 15 is 0 Å². The Bertz CT molecular complexity index is 1290. The Morgan fingerprint density at radius 3 is 2.57 bits per heavy atom. The molecule has 1 aromatic carbocycles. The van der Waals surface area contributed by atoms with Crippen LogP contribution >= 0.6 is 34.8 Å². The maximum atomic E-state index is 13.4. The number of oxime groups is 1. The number of urea groups is 1. The van der Waals surface area contributed by atoms with Crippen molar-refractivity contribution < 1.29 is 19.2 Å². The summed E-state index contributed by atoms with van der Waals surface area (Å²) in [6.07, 6.45) is 3.56. The third-order valence-corrected chi connectivity index (χ3v) is 8.71. The van der Waals surface area contributed by atoms with Crippen LogP contribution in [0.1, 0.15) is 47.5 Å². The summed E-state index contributed by atoms with van der Waals surface area (Å²) in [4.78, 5) is 41.0. The maximum Gasteiger partial charge on any atom is 0.317 e. The van der Waals surface area contributed by atoms with Crippen LogP contribution in [0.4, 0.5) is 4.79 Å². The number of halogens is 3. The number of hydrogen-bond donors (Lipinski definition) is 1. The Morgan fingerprint density at radius 2 is 1.90 bits per heavy atom. The first-order chi connectivity index (χ1) is 20.2. The van der Waals surface area contributed by atoms with E-state index in [1.807, 2.05) is 17.0 Å². The average Bonchev–Trinajstić information content (AvgIpc) is 2.99. The van der Waals surface area contributed by atoms with E-state index in [2.05, 4.69) is 20.4 Å². The number of rotatable bonds is 11. The zero-order valence-electron chi connectivity index (χ0n) is 24.1. The second-order valence-corrected chi connectivity index (χ2v) is 11.7. The molecule has 0 spiro atoms. The molecular weight excluding hydrogens is 603 g/mol. The van der Waals surface area contributed by atoms with Gasteiger partial charge in [-0.25, -0.2) is 9.78 Å². The largest absolute Gasteiger partial charge is 0.481 e. The first kappa shape index (κ1) is 32.1. The smallest absolute Gasteiger partial charge is 0.317 e. The van der Waals surface area contributed by atoms with Crippen LogP contribution in [-0.4, -0.2) is 104 Å². The average molecular weight is 640 g/mol. The predicted octanol–water partition coefficient (Wildman–Crippen LogP) is 5.18. The molecule has 2 fully saturated rings. The molecule has 2 saturated heterocycles. The van der Waals surface area contributed by atoms with Crippen molar-refractivity contribution in [2.45, 2.75) is 37.6 Å². The molecule has 1 aromatic heterocycles. The summed E-state index contributed by atoms with van der Waals surface area (Å²) in [6.45, 7) is 4.34. The molecule has 3 amide bonds. The number of nitrogens with zero attached hydrogens (tertiary/aromatic N) is 5. The molecule has 0 radical (unpaired) electrons. The van der Waals surface area contributed by atoms with E-state index in [4.69, 9.17) is 44.4 Å². The Hall–Kier alpha value is -2.79. The van der Waals surface area contributed by atoms with E-state index in [0.29, 0.717) is 27.7 Å². The summed E-state index contributed by atoms with van der Waals surface area (Å²) < 4.78 is 5.18. The summed E-state index contributed by atoms with van der Waals surface area (Å²) in [5.74, 6) is -0.211. The maximum absolute atomic E-state index is 13.4. The molecule has 0 aliphatic carbocycles. The van der Waals surface area contributed by atoms with E-state index in [9.17, 15) is 9.59 Å². The quantitative estimate of drug-likeness (QED) is 0.207. The lowest BCUT2D eigenvalue weighted by molar-refractivity contribution is 0.0811. The summed E-state index contributed by atoms with van der Waals surface area (Å²) in [6, 6.07) is 8.90. The van der Waals surface area contributed by atoms with Gasteiger partial charge in [0.15, 0.2) is 0 Å². The molecule has 1 N–H and O–H groups in total. The highest BCUT2D eigenvalue weighted by Gasteiger charge is 2.30. The Kier molecular flexibility index (Phi) is 11.5. The molecule has 2 aromatic rings. The third-order valence-electron chi connectivity index (χ3n) is 7.77. The van der Waals surface area contributed by atoms with Crippen molar-refractivity contribution in [3.8, 4) is 5.88 Å². The van der Waals surface area contributed by atoms with Gasteiger partial charge < -0.3 is 29.6 Å². The monoisotopic (exact) mass is 638 g/mol. The van der Waals surface area contributed by atoms with Crippen LogP contribution in [0.3, 0.4) is 0 Å². The van der Waals surface area contributed by atoms with Crippen LogP contribution in [0, 0.1) is 0 Å². The molecule has 2 aliphatic rings. The second kappa shape index (κ2) is 15.1. The van der Waals surface area contributed by atoms with Crippen molar-refractivity contribution in [2.75, 3.05) is 60.5 Å². The van der Waals surface area contributed by atoms with Crippen LogP contribution in [-0.2, 0) is 4.84 Å². The molecule has 4 rings (SSSR count). The number of ether oxygens (including phenoxy) is 1. The minimum Gasteiger partial charge on any atom is -0.481 e. The fraction of sp³-hybridized carbons (Fsp3) is 0.517. The molecule has 0 saturated carbocycles. The fourth-order valence-electron chi connectivity index (χ4n) is 5.57. The van der Waals surface area contributed by atoms with Crippen molar-refractivity contribution in [1.29, 1.82) is 0 Å². The Morgan fingerprint density at radius 1 is 1.14 bits per heavy atom. The lowest BCUT2D eigenvalue weighted by Gasteiger charge is -2.40. The standard InChI is InChI=1S/C29H37Cl3N6O4/c1-36(28(39)20-16-26(32)34-27(17-20)41-2)18-25(35-42-3)22(19-5-6-23(30)24(31)15-19)9-14-37-12-7-21(8-13-37)38-11-4-10-33-29(38)40/h5-6,15-17,21-22H,4,7-14,18H2,1-3H3,(H,33,40)/b35-25+. The van der Waals surface area contributed by atoms with E-state index < -0.39 is 0 Å². The zero-order valence-corrected chi connectivity index (χ0v) is 26.4. The number of hydrogen-bond acceptors (Lipinski definition) is 7. The van der Waals surface area contributed by atoms with Crippen LogP contribution < -0.4 is 10.1 Å². The Balaban J connectivity index is 1.49. The molecule has 228 valence electrons. The summed E-state index contributed by atoms with van der Waals surface area (Å²) in [5.41, 5.74) is 1.94. The number of pyridine rings is 1. The molecular formula is C29H37Cl3N6O4.